The number of hydrogen-bond donors (Lipinski definition) is 2. The molecule has 0 radical (unpaired) electrons. The molecule has 0 saturated carbocycles. The number of phenols is 1. The van der Waals surface area contributed by atoms with E-state index in [1.165, 1.54) is 11.0 Å². The van der Waals surface area contributed by atoms with Crippen LogP contribution in [0.4, 0.5) is 5.69 Å². The Labute approximate surface area is 234 Å². The van der Waals surface area contributed by atoms with Gasteiger partial charge in [-0.2, -0.15) is 0 Å². The molecule has 2 N–H and O–H groups in total. The zero-order valence-corrected chi connectivity index (χ0v) is 23.6. The van der Waals surface area contributed by atoms with Gasteiger partial charge in [0.15, 0.2) is 11.5 Å². The van der Waals surface area contributed by atoms with Crippen molar-refractivity contribution in [3.63, 3.8) is 0 Å². The van der Waals surface area contributed by atoms with Gasteiger partial charge in [0.2, 0.25) is 0 Å². The second-order valence-electron chi connectivity index (χ2n) is 10.4. The number of benzene rings is 3. The predicted molar refractivity (Wildman–Crippen MR) is 153 cm³/mol. The summed E-state index contributed by atoms with van der Waals surface area (Å²) in [4.78, 5) is 28.6. The molecular weight excluding hydrogens is 510 g/mol. The van der Waals surface area contributed by atoms with E-state index in [1.807, 2.05) is 27.7 Å². The van der Waals surface area contributed by atoms with E-state index < -0.39 is 17.7 Å². The fourth-order valence-corrected chi connectivity index (χ4v) is 4.87. The van der Waals surface area contributed by atoms with Crippen LogP contribution in [0.3, 0.4) is 0 Å². The number of carbonyl (C=O) groups is 2. The highest BCUT2D eigenvalue weighted by Crippen LogP contribution is 2.45. The highest BCUT2D eigenvalue weighted by atomic mass is 16.5. The second kappa shape index (κ2) is 11.3. The molecule has 1 amide bonds. The van der Waals surface area contributed by atoms with Crippen molar-refractivity contribution in [1.82, 2.24) is 0 Å². The van der Waals surface area contributed by atoms with Crippen LogP contribution < -0.4 is 19.1 Å². The molecule has 3 aromatic carbocycles. The van der Waals surface area contributed by atoms with Gasteiger partial charge in [-0.1, -0.05) is 32.9 Å². The molecule has 0 aromatic heterocycles. The van der Waals surface area contributed by atoms with Crippen molar-refractivity contribution in [2.45, 2.75) is 46.1 Å². The summed E-state index contributed by atoms with van der Waals surface area (Å²) in [6.45, 7) is 10.4. The average Bonchev–Trinajstić information content (AvgIpc) is 3.19. The number of amides is 1. The number of anilines is 1. The van der Waals surface area contributed by atoms with Crippen LogP contribution in [0.15, 0.2) is 66.2 Å². The maximum Gasteiger partial charge on any atom is 0.300 e. The number of rotatable bonds is 8. The fraction of sp³-hybridized carbons (Fsp3) is 0.312. The van der Waals surface area contributed by atoms with Crippen LogP contribution in [0.1, 0.15) is 57.4 Å². The predicted octanol–water partition coefficient (Wildman–Crippen LogP) is 6.12. The number of aromatic hydroxyl groups is 1. The Bertz CT molecular complexity index is 1470. The smallest absolute Gasteiger partial charge is 0.300 e. The summed E-state index contributed by atoms with van der Waals surface area (Å²) in [7, 11) is 1.58. The monoisotopic (exact) mass is 545 g/mol. The summed E-state index contributed by atoms with van der Waals surface area (Å²) in [6, 6.07) is 15.7. The van der Waals surface area contributed by atoms with Crippen molar-refractivity contribution in [2.24, 2.45) is 0 Å². The van der Waals surface area contributed by atoms with Crippen LogP contribution in [-0.2, 0) is 15.0 Å². The zero-order chi connectivity index (χ0) is 29.2. The molecule has 1 heterocycles. The van der Waals surface area contributed by atoms with E-state index >= 15 is 0 Å². The Hall–Kier alpha value is -4.46. The number of aliphatic hydroxyl groups is 1. The highest BCUT2D eigenvalue weighted by molar-refractivity contribution is 6.51. The number of phenolic OH excluding ortho intramolecular Hbond substituents is 1. The van der Waals surface area contributed by atoms with Crippen LogP contribution >= 0.6 is 0 Å². The van der Waals surface area contributed by atoms with Crippen molar-refractivity contribution < 1.29 is 34.0 Å². The van der Waals surface area contributed by atoms with Crippen molar-refractivity contribution in [3.05, 3.63) is 82.9 Å². The normalized spacial score (nSPS) is 16.8. The van der Waals surface area contributed by atoms with E-state index in [0.29, 0.717) is 41.5 Å². The third-order valence-corrected chi connectivity index (χ3v) is 6.73. The average molecular weight is 546 g/mol. The van der Waals surface area contributed by atoms with E-state index in [-0.39, 0.29) is 28.2 Å². The number of ketones is 1. The van der Waals surface area contributed by atoms with E-state index in [0.717, 1.165) is 5.56 Å². The Morgan fingerprint density at radius 1 is 0.925 bits per heavy atom. The van der Waals surface area contributed by atoms with Gasteiger partial charge in [0, 0.05) is 22.9 Å². The van der Waals surface area contributed by atoms with Gasteiger partial charge < -0.3 is 24.4 Å². The first-order valence-corrected chi connectivity index (χ1v) is 13.2. The number of Topliss-reactive ketones (excluding diaryl/α,β-unsaturated/α-hetero) is 1. The highest BCUT2D eigenvalue weighted by Gasteiger charge is 2.47. The summed E-state index contributed by atoms with van der Waals surface area (Å²) >= 11 is 0. The molecule has 1 unspecified atom stereocenters. The zero-order valence-electron chi connectivity index (χ0n) is 23.6. The Kier molecular flexibility index (Phi) is 8.09. The lowest BCUT2D eigenvalue weighted by molar-refractivity contribution is -0.132. The van der Waals surface area contributed by atoms with Crippen molar-refractivity contribution in [2.75, 3.05) is 25.2 Å². The maximum absolute atomic E-state index is 13.6. The van der Waals surface area contributed by atoms with E-state index in [1.54, 1.807) is 68.6 Å². The van der Waals surface area contributed by atoms with Gasteiger partial charge in [-0.15, -0.1) is 0 Å². The van der Waals surface area contributed by atoms with Gasteiger partial charge in [0.1, 0.15) is 17.3 Å². The first kappa shape index (κ1) is 28.5. The molecular formula is C32H35NO7. The fourth-order valence-electron chi connectivity index (χ4n) is 4.87. The molecule has 1 aliphatic heterocycles. The molecule has 210 valence electrons. The largest absolute Gasteiger partial charge is 0.507 e. The van der Waals surface area contributed by atoms with Gasteiger partial charge in [-0.05, 0) is 67.3 Å². The van der Waals surface area contributed by atoms with E-state index in [2.05, 4.69) is 0 Å². The van der Waals surface area contributed by atoms with Gasteiger partial charge in [-0.25, -0.2) is 0 Å². The van der Waals surface area contributed by atoms with E-state index in [4.69, 9.17) is 14.2 Å². The summed E-state index contributed by atoms with van der Waals surface area (Å²) in [5.41, 5.74) is 1.71. The molecule has 0 aliphatic carbocycles. The third-order valence-electron chi connectivity index (χ3n) is 6.73. The number of aliphatic hydroxyl groups excluding tert-OH is 1. The number of ether oxygens (including phenoxy) is 3. The summed E-state index contributed by atoms with van der Waals surface area (Å²) < 4.78 is 16.8. The van der Waals surface area contributed by atoms with Crippen molar-refractivity contribution >= 4 is 23.1 Å². The maximum atomic E-state index is 13.6. The molecule has 0 bridgehead atoms. The van der Waals surface area contributed by atoms with Crippen LogP contribution in [0.5, 0.6) is 23.0 Å². The topological polar surface area (TPSA) is 106 Å². The molecule has 8 nitrogen and oxygen atoms in total. The lowest BCUT2D eigenvalue weighted by atomic mass is 9.84. The number of hydrogen-bond acceptors (Lipinski definition) is 7. The van der Waals surface area contributed by atoms with Gasteiger partial charge in [0.05, 0.1) is 31.9 Å². The SMILES string of the molecule is CCOc1cccc(N2C(=O)C(=O)/C(=C(/O)c3ccc(OC)c(C(C)(C)C)c3)C2c2ccc(O)c(OCC)c2)c1. The quantitative estimate of drug-likeness (QED) is 0.200. The molecule has 40 heavy (non-hydrogen) atoms. The molecule has 0 spiro atoms. The first-order valence-electron chi connectivity index (χ1n) is 13.2. The van der Waals surface area contributed by atoms with Gasteiger partial charge in [-0.3, -0.25) is 14.5 Å². The van der Waals surface area contributed by atoms with Crippen LogP contribution in [0, 0.1) is 0 Å². The summed E-state index contributed by atoms with van der Waals surface area (Å²) in [6.07, 6.45) is 0. The van der Waals surface area contributed by atoms with Crippen LogP contribution in [0.25, 0.3) is 5.76 Å². The van der Waals surface area contributed by atoms with Crippen LogP contribution in [0.2, 0.25) is 0 Å². The van der Waals surface area contributed by atoms with Crippen molar-refractivity contribution in [1.29, 1.82) is 0 Å². The molecule has 8 heteroatoms. The van der Waals surface area contributed by atoms with Crippen molar-refractivity contribution in [3.8, 4) is 23.0 Å². The standard InChI is InChI=1S/C32H35NO7/c1-7-39-22-11-9-10-21(18-22)33-28(19-12-14-24(34)26(17-19)40-8-2)27(30(36)31(33)37)29(35)20-13-15-25(38-6)23(16-20)32(3,4)5/h9-18,28,34-35H,7-8H2,1-6H3/b29-27+. The molecule has 4 rings (SSSR count). The van der Waals surface area contributed by atoms with Gasteiger partial charge >= 0.3 is 0 Å². The number of nitrogens with zero attached hydrogens (tertiary/aromatic N) is 1. The number of carbonyl (C=O) groups excluding carboxylic acids is 2. The minimum atomic E-state index is -1.00. The molecule has 1 fully saturated rings. The third kappa shape index (κ3) is 5.34. The molecule has 3 aromatic rings. The summed E-state index contributed by atoms with van der Waals surface area (Å²) in [5, 5.41) is 22.0. The molecule has 1 saturated heterocycles. The lowest BCUT2D eigenvalue weighted by Crippen LogP contribution is -2.29. The first-order chi connectivity index (χ1) is 19.0. The molecule has 1 aliphatic rings. The van der Waals surface area contributed by atoms with E-state index in [9.17, 15) is 19.8 Å². The Morgan fingerprint density at radius 2 is 1.65 bits per heavy atom. The minimum absolute atomic E-state index is 0.0779. The number of methoxy groups -OCH3 is 1. The molecule has 1 atom stereocenters. The second-order valence-corrected chi connectivity index (χ2v) is 10.4. The summed E-state index contributed by atoms with van der Waals surface area (Å²) in [5.74, 6) is -0.635. The Morgan fingerprint density at radius 3 is 2.30 bits per heavy atom. The Balaban J connectivity index is 1.98. The lowest BCUT2D eigenvalue weighted by Gasteiger charge is -2.26. The van der Waals surface area contributed by atoms with Gasteiger partial charge in [0.25, 0.3) is 11.7 Å². The minimum Gasteiger partial charge on any atom is -0.507 e. The van der Waals surface area contributed by atoms with Crippen LogP contribution in [-0.4, -0.2) is 42.2 Å².